The van der Waals surface area contributed by atoms with Gasteiger partial charge in [0.2, 0.25) is 5.91 Å². The van der Waals surface area contributed by atoms with Crippen molar-refractivity contribution in [2.45, 2.75) is 32.2 Å². The Labute approximate surface area is 141 Å². The van der Waals surface area contributed by atoms with Crippen molar-refractivity contribution >= 4 is 35.6 Å². The van der Waals surface area contributed by atoms with Crippen LogP contribution < -0.4 is 11.1 Å². The Morgan fingerprint density at radius 3 is 2.91 bits per heavy atom. The average Bonchev–Trinajstić information content (AvgIpc) is 3.01. The van der Waals surface area contributed by atoms with Crippen LogP contribution in [0, 0.1) is 5.92 Å². The number of nitrogens with one attached hydrogen (secondary N) is 1. The molecular weight excluding hydrogens is 322 g/mol. The predicted octanol–water partition coefficient (Wildman–Crippen LogP) is 1.88. The quantitative estimate of drug-likeness (QED) is 0.855. The highest BCUT2D eigenvalue weighted by Gasteiger charge is 2.28. The molecule has 0 radical (unpaired) electrons. The molecule has 5 nitrogen and oxygen atoms in total. The third-order valence-electron chi connectivity index (χ3n) is 3.98. The number of nitrogens with two attached hydrogens (primary N) is 1. The zero-order chi connectivity index (χ0) is 15.2. The lowest BCUT2D eigenvalue weighted by Gasteiger charge is -2.38. The van der Waals surface area contributed by atoms with Gasteiger partial charge >= 0.3 is 0 Å². The van der Waals surface area contributed by atoms with E-state index in [4.69, 9.17) is 5.73 Å². The molecule has 1 fully saturated rings. The molecule has 2 atom stereocenters. The Morgan fingerprint density at radius 1 is 1.50 bits per heavy atom. The smallest absolute Gasteiger partial charge is 0.252 e. The maximum absolute atomic E-state index is 12.3. The zero-order valence-electron chi connectivity index (χ0n) is 12.8. The third kappa shape index (κ3) is 4.97. The lowest BCUT2D eigenvalue weighted by molar-refractivity contribution is -0.135. The summed E-state index contributed by atoms with van der Waals surface area (Å²) >= 11 is 1.48. The van der Waals surface area contributed by atoms with E-state index in [0.29, 0.717) is 31.0 Å². The van der Waals surface area contributed by atoms with Crippen molar-refractivity contribution in [3.05, 3.63) is 22.4 Å². The van der Waals surface area contributed by atoms with Crippen molar-refractivity contribution in [1.29, 1.82) is 0 Å². The van der Waals surface area contributed by atoms with E-state index < -0.39 is 0 Å². The Hall–Kier alpha value is -1.11. The molecule has 2 heterocycles. The van der Waals surface area contributed by atoms with Gasteiger partial charge in [-0.05, 0) is 30.2 Å². The van der Waals surface area contributed by atoms with Gasteiger partial charge < -0.3 is 16.0 Å². The summed E-state index contributed by atoms with van der Waals surface area (Å²) in [7, 11) is 0. The number of rotatable bonds is 5. The molecule has 2 unspecified atom stereocenters. The Balaban J connectivity index is 0.00000242. The zero-order valence-corrected chi connectivity index (χ0v) is 14.4. The van der Waals surface area contributed by atoms with Crippen molar-refractivity contribution in [1.82, 2.24) is 10.2 Å². The summed E-state index contributed by atoms with van der Waals surface area (Å²) in [4.78, 5) is 25.9. The number of hydrogen-bond acceptors (Lipinski definition) is 4. The number of carbonyl (C=O) groups excluding carboxylic acids is 2. The summed E-state index contributed by atoms with van der Waals surface area (Å²) in [5.41, 5.74) is 6.42. The van der Waals surface area contributed by atoms with Gasteiger partial charge in [0, 0.05) is 43.0 Å². The SMILES string of the molecule is CC1CCN(C(=O)CCNC(=O)c2ccsc2)C(CN)C1.Cl. The molecule has 124 valence electrons. The summed E-state index contributed by atoms with van der Waals surface area (Å²) in [5.74, 6) is 0.593. The van der Waals surface area contributed by atoms with Crippen LogP contribution in [0.2, 0.25) is 0 Å². The molecule has 0 bridgehead atoms. The number of hydrogen-bond donors (Lipinski definition) is 2. The number of likely N-dealkylation sites (tertiary alicyclic amines) is 1. The Morgan fingerprint density at radius 2 is 2.27 bits per heavy atom. The van der Waals surface area contributed by atoms with Gasteiger partial charge in [-0.2, -0.15) is 11.3 Å². The lowest BCUT2D eigenvalue weighted by atomic mass is 9.92. The van der Waals surface area contributed by atoms with Crippen LogP contribution in [0.3, 0.4) is 0 Å². The van der Waals surface area contributed by atoms with Crippen molar-refractivity contribution < 1.29 is 9.59 Å². The van der Waals surface area contributed by atoms with E-state index in [9.17, 15) is 9.59 Å². The van der Waals surface area contributed by atoms with E-state index in [0.717, 1.165) is 19.4 Å². The molecule has 2 amide bonds. The summed E-state index contributed by atoms with van der Waals surface area (Å²) in [6.45, 7) is 3.86. The summed E-state index contributed by atoms with van der Waals surface area (Å²) < 4.78 is 0. The molecule has 1 aromatic rings. The maximum atomic E-state index is 12.3. The van der Waals surface area contributed by atoms with Crippen LogP contribution in [0.15, 0.2) is 16.8 Å². The Kier molecular flexibility index (Phi) is 7.85. The molecule has 1 aliphatic rings. The first-order valence-electron chi connectivity index (χ1n) is 7.41. The average molecular weight is 346 g/mol. The lowest BCUT2D eigenvalue weighted by Crippen LogP contribution is -2.49. The number of amides is 2. The second-order valence-electron chi connectivity index (χ2n) is 5.62. The van der Waals surface area contributed by atoms with Crippen LogP contribution in [-0.2, 0) is 4.79 Å². The predicted molar refractivity (Wildman–Crippen MR) is 91.5 cm³/mol. The normalized spacial score (nSPS) is 21.1. The monoisotopic (exact) mass is 345 g/mol. The molecule has 1 aromatic heterocycles. The second kappa shape index (κ2) is 9.12. The van der Waals surface area contributed by atoms with E-state index in [1.54, 1.807) is 11.4 Å². The van der Waals surface area contributed by atoms with Gasteiger partial charge in [0.25, 0.3) is 5.91 Å². The fraction of sp³-hybridized carbons (Fsp3) is 0.600. The van der Waals surface area contributed by atoms with E-state index in [2.05, 4.69) is 12.2 Å². The van der Waals surface area contributed by atoms with E-state index in [-0.39, 0.29) is 30.3 Å². The van der Waals surface area contributed by atoms with Gasteiger partial charge in [0.1, 0.15) is 0 Å². The molecule has 3 N–H and O–H groups in total. The van der Waals surface area contributed by atoms with E-state index in [1.807, 2.05) is 10.3 Å². The van der Waals surface area contributed by atoms with Crippen LogP contribution in [0.25, 0.3) is 0 Å². The van der Waals surface area contributed by atoms with Crippen molar-refractivity contribution in [2.24, 2.45) is 11.7 Å². The van der Waals surface area contributed by atoms with Crippen molar-refractivity contribution in [3.63, 3.8) is 0 Å². The van der Waals surface area contributed by atoms with Gasteiger partial charge in [-0.1, -0.05) is 6.92 Å². The van der Waals surface area contributed by atoms with Gasteiger partial charge in [-0.25, -0.2) is 0 Å². The Bertz CT molecular complexity index is 481. The first kappa shape index (κ1) is 18.9. The molecular formula is C15H24ClN3O2S. The minimum Gasteiger partial charge on any atom is -0.351 e. The number of carbonyl (C=O) groups is 2. The molecule has 0 saturated carbocycles. The van der Waals surface area contributed by atoms with Gasteiger partial charge in [0.05, 0.1) is 0 Å². The molecule has 7 heteroatoms. The van der Waals surface area contributed by atoms with Gasteiger partial charge in [-0.3, -0.25) is 9.59 Å². The van der Waals surface area contributed by atoms with Gasteiger partial charge in [0.15, 0.2) is 0 Å². The highest BCUT2D eigenvalue weighted by Crippen LogP contribution is 2.22. The van der Waals surface area contributed by atoms with Gasteiger partial charge in [-0.15, -0.1) is 12.4 Å². The molecule has 22 heavy (non-hydrogen) atoms. The largest absolute Gasteiger partial charge is 0.351 e. The third-order valence-corrected chi connectivity index (χ3v) is 4.66. The van der Waals surface area contributed by atoms with E-state index in [1.165, 1.54) is 11.3 Å². The molecule has 1 saturated heterocycles. The summed E-state index contributed by atoms with van der Waals surface area (Å²) in [6.07, 6.45) is 2.34. The summed E-state index contributed by atoms with van der Waals surface area (Å²) in [5, 5.41) is 6.45. The van der Waals surface area contributed by atoms with Crippen LogP contribution in [0.4, 0.5) is 0 Å². The number of thiophene rings is 1. The molecule has 1 aliphatic heterocycles. The number of nitrogens with zero attached hydrogens (tertiary/aromatic N) is 1. The highest BCUT2D eigenvalue weighted by atomic mass is 35.5. The standard InChI is InChI=1S/C15H23N3O2S.ClH/c1-11-3-6-18(13(8-11)9-16)14(19)2-5-17-15(20)12-4-7-21-10-12;/h4,7,10-11,13H,2-3,5-6,8-9,16H2,1H3,(H,17,20);1H. The van der Waals surface area contributed by atoms with Crippen LogP contribution >= 0.6 is 23.7 Å². The molecule has 2 rings (SSSR count). The second-order valence-corrected chi connectivity index (χ2v) is 6.40. The first-order chi connectivity index (χ1) is 10.1. The minimum atomic E-state index is -0.119. The summed E-state index contributed by atoms with van der Waals surface area (Å²) in [6, 6.07) is 1.92. The highest BCUT2D eigenvalue weighted by molar-refractivity contribution is 7.08. The number of halogens is 1. The van der Waals surface area contributed by atoms with Crippen LogP contribution in [-0.4, -0.2) is 42.4 Å². The van der Waals surface area contributed by atoms with Crippen molar-refractivity contribution in [2.75, 3.05) is 19.6 Å². The first-order valence-corrected chi connectivity index (χ1v) is 8.36. The minimum absolute atomic E-state index is 0. The molecule has 0 aromatic carbocycles. The van der Waals surface area contributed by atoms with Crippen LogP contribution in [0.1, 0.15) is 36.5 Å². The fourth-order valence-corrected chi connectivity index (χ4v) is 3.36. The molecule has 0 aliphatic carbocycles. The van der Waals surface area contributed by atoms with E-state index >= 15 is 0 Å². The fourth-order valence-electron chi connectivity index (χ4n) is 2.73. The maximum Gasteiger partial charge on any atom is 0.252 e. The topological polar surface area (TPSA) is 75.4 Å². The molecule has 0 spiro atoms. The van der Waals surface area contributed by atoms with Crippen molar-refractivity contribution in [3.8, 4) is 0 Å². The van der Waals surface area contributed by atoms with Crippen LogP contribution in [0.5, 0.6) is 0 Å². The number of piperidine rings is 1.